The lowest BCUT2D eigenvalue weighted by atomic mass is 10.0. The van der Waals surface area contributed by atoms with E-state index in [0.29, 0.717) is 0 Å². The van der Waals surface area contributed by atoms with Crippen LogP contribution in [0.3, 0.4) is 0 Å². The van der Waals surface area contributed by atoms with Gasteiger partial charge in [-0.15, -0.1) is 22.7 Å². The Hall–Kier alpha value is -5.94. The lowest BCUT2D eigenvalue weighted by Crippen LogP contribution is -2.10. The van der Waals surface area contributed by atoms with E-state index in [9.17, 15) is 0 Å². The molecule has 0 spiro atoms. The highest BCUT2D eigenvalue weighted by atomic mass is 32.1. The van der Waals surface area contributed by atoms with Gasteiger partial charge in [0.15, 0.2) is 0 Å². The summed E-state index contributed by atoms with van der Waals surface area (Å²) in [5.41, 5.74) is 7.56. The number of fused-ring (bicyclic) bond motifs is 11. The molecule has 0 N–H and O–H groups in total. The van der Waals surface area contributed by atoms with Crippen molar-refractivity contribution in [2.75, 3.05) is 4.90 Å². The molecule has 0 bridgehead atoms. The highest BCUT2D eigenvalue weighted by molar-refractivity contribution is 7.26. The summed E-state index contributed by atoms with van der Waals surface area (Å²) in [6, 6.07) is 59.5. The summed E-state index contributed by atoms with van der Waals surface area (Å²) < 4.78 is 11.9. The smallest absolute Gasteiger partial charge is 0.143 e. The van der Waals surface area contributed by atoms with Gasteiger partial charge in [-0.1, -0.05) is 103 Å². The van der Waals surface area contributed by atoms with Crippen molar-refractivity contribution < 1.29 is 4.42 Å². The Bertz CT molecular complexity index is 3130. The van der Waals surface area contributed by atoms with E-state index in [1.807, 2.05) is 22.7 Å². The van der Waals surface area contributed by atoms with Crippen molar-refractivity contribution in [2.45, 2.75) is 0 Å². The van der Waals surface area contributed by atoms with E-state index in [0.717, 1.165) is 44.4 Å². The van der Waals surface area contributed by atoms with Gasteiger partial charge in [-0.25, -0.2) is 0 Å². The number of hydrogen-bond donors (Lipinski definition) is 0. The fourth-order valence-corrected chi connectivity index (χ4v) is 10.1. The highest BCUT2D eigenvalue weighted by Crippen LogP contribution is 2.49. The second kappa shape index (κ2) is 10.8. The topological polar surface area (TPSA) is 16.4 Å². The quantitative estimate of drug-likeness (QED) is 0.185. The molecule has 3 heterocycles. The Morgan fingerprint density at radius 1 is 0.420 bits per heavy atom. The Morgan fingerprint density at radius 3 is 2.00 bits per heavy atom. The van der Waals surface area contributed by atoms with Crippen molar-refractivity contribution in [3.8, 4) is 11.1 Å². The fourth-order valence-electron chi connectivity index (χ4n) is 7.77. The molecule has 11 aromatic rings. The van der Waals surface area contributed by atoms with Crippen molar-refractivity contribution in [1.82, 2.24) is 0 Å². The van der Waals surface area contributed by atoms with Gasteiger partial charge < -0.3 is 9.32 Å². The molecule has 234 valence electrons. The van der Waals surface area contributed by atoms with Gasteiger partial charge >= 0.3 is 0 Å². The van der Waals surface area contributed by atoms with Crippen LogP contribution in [-0.2, 0) is 0 Å². The second-order valence-corrected chi connectivity index (χ2v) is 15.0. The van der Waals surface area contributed by atoms with Crippen molar-refractivity contribution in [2.24, 2.45) is 0 Å². The molecule has 0 amide bonds. The van der Waals surface area contributed by atoms with Crippen molar-refractivity contribution in [3.63, 3.8) is 0 Å². The molecule has 0 radical (unpaired) electrons. The monoisotopic (exact) mass is 673 g/mol. The first-order valence-corrected chi connectivity index (χ1v) is 18.5. The van der Waals surface area contributed by atoms with E-state index in [4.69, 9.17) is 4.42 Å². The van der Waals surface area contributed by atoms with E-state index in [1.54, 1.807) is 0 Å². The number of anilines is 3. The number of nitrogens with zero attached hydrogens (tertiary/aromatic N) is 1. The Labute approximate surface area is 295 Å². The molecule has 4 heteroatoms. The molecule has 0 aliphatic rings. The fraction of sp³-hybridized carbons (Fsp3) is 0. The normalized spacial score (nSPS) is 12.0. The van der Waals surface area contributed by atoms with Crippen LogP contribution in [0, 0.1) is 0 Å². The Balaban J connectivity index is 1.19. The number of hydrogen-bond acceptors (Lipinski definition) is 4. The number of furan rings is 1. The van der Waals surface area contributed by atoms with Crippen molar-refractivity contribution in [1.29, 1.82) is 0 Å². The maximum atomic E-state index is 6.70. The zero-order valence-electron chi connectivity index (χ0n) is 26.8. The largest absolute Gasteiger partial charge is 0.455 e. The summed E-state index contributed by atoms with van der Waals surface area (Å²) in [4.78, 5) is 2.45. The maximum Gasteiger partial charge on any atom is 0.143 e. The van der Waals surface area contributed by atoms with Gasteiger partial charge in [0.1, 0.15) is 11.2 Å². The zero-order valence-corrected chi connectivity index (χ0v) is 28.4. The second-order valence-electron chi connectivity index (χ2n) is 12.9. The summed E-state index contributed by atoms with van der Waals surface area (Å²) in [5, 5.41) is 9.72. The van der Waals surface area contributed by atoms with Crippen LogP contribution < -0.4 is 4.90 Å². The maximum absolute atomic E-state index is 6.70. The van der Waals surface area contributed by atoms with Crippen molar-refractivity contribution in [3.05, 3.63) is 164 Å². The van der Waals surface area contributed by atoms with Crippen molar-refractivity contribution >= 4 is 113 Å². The molecule has 8 aromatic carbocycles. The predicted molar refractivity (Wildman–Crippen MR) is 217 cm³/mol. The molecule has 0 saturated heterocycles. The third kappa shape index (κ3) is 4.13. The van der Waals surface area contributed by atoms with E-state index >= 15 is 0 Å². The summed E-state index contributed by atoms with van der Waals surface area (Å²) in [6.45, 7) is 0. The van der Waals surface area contributed by atoms with E-state index in [1.165, 1.54) is 56.9 Å². The molecule has 11 rings (SSSR count). The minimum Gasteiger partial charge on any atom is -0.455 e. The van der Waals surface area contributed by atoms with Gasteiger partial charge in [0.25, 0.3) is 0 Å². The first-order chi connectivity index (χ1) is 24.8. The molecule has 0 unspecified atom stereocenters. The number of thiophene rings is 2. The lowest BCUT2D eigenvalue weighted by Gasteiger charge is -2.27. The van der Waals surface area contributed by atoms with Gasteiger partial charge in [0, 0.05) is 52.1 Å². The van der Waals surface area contributed by atoms with Crippen LogP contribution in [0.1, 0.15) is 0 Å². The SMILES string of the molecule is c1cc(-c2ccc3sc4ccccc4c3c2)cc(N(c2cccc3c2sc2ccccc23)c2cccc3oc4c5ccccc5ccc4c23)c1. The number of rotatable bonds is 4. The molecule has 0 aliphatic heterocycles. The summed E-state index contributed by atoms with van der Waals surface area (Å²) in [6.07, 6.45) is 0. The minimum atomic E-state index is 0.883. The first-order valence-electron chi connectivity index (χ1n) is 16.8. The molecule has 0 saturated carbocycles. The third-order valence-electron chi connectivity index (χ3n) is 10.0. The molecular formula is C46H27NOS2. The van der Waals surface area contributed by atoms with Crippen LogP contribution in [0.4, 0.5) is 17.1 Å². The van der Waals surface area contributed by atoms with Crippen LogP contribution >= 0.6 is 22.7 Å². The van der Waals surface area contributed by atoms with Crippen LogP contribution in [0.5, 0.6) is 0 Å². The molecule has 0 fully saturated rings. The van der Waals surface area contributed by atoms with E-state index in [-0.39, 0.29) is 0 Å². The van der Waals surface area contributed by atoms with Crippen LogP contribution in [0.25, 0.3) is 84.2 Å². The zero-order chi connectivity index (χ0) is 32.8. The first kappa shape index (κ1) is 28.0. The number of benzene rings is 8. The average molecular weight is 674 g/mol. The third-order valence-corrected chi connectivity index (χ3v) is 12.4. The lowest BCUT2D eigenvalue weighted by molar-refractivity contribution is 0.672. The Morgan fingerprint density at radius 2 is 1.10 bits per heavy atom. The molecular weight excluding hydrogens is 647 g/mol. The van der Waals surface area contributed by atoms with Gasteiger partial charge in [-0.05, 0) is 77.2 Å². The van der Waals surface area contributed by atoms with Crippen LogP contribution in [0.2, 0.25) is 0 Å². The molecule has 0 aliphatic carbocycles. The molecule has 50 heavy (non-hydrogen) atoms. The summed E-state index contributed by atoms with van der Waals surface area (Å²) in [7, 11) is 0. The summed E-state index contributed by atoms with van der Waals surface area (Å²) in [5.74, 6) is 0. The molecule has 2 nitrogen and oxygen atoms in total. The van der Waals surface area contributed by atoms with Crippen LogP contribution in [-0.4, -0.2) is 0 Å². The average Bonchev–Trinajstić information content (AvgIpc) is 3.87. The van der Waals surface area contributed by atoms with E-state index in [2.05, 4.69) is 169 Å². The van der Waals surface area contributed by atoms with Gasteiger partial charge in [-0.3, -0.25) is 0 Å². The summed E-state index contributed by atoms with van der Waals surface area (Å²) >= 11 is 3.72. The standard InChI is InChI=1S/C46H27NOS2/c1-2-13-32-28(10-1)22-24-36-44-38(17-9-19-40(44)48-45(32)36)47(39-18-8-16-35-33-14-3-6-21-42(33)50-46(35)39)31-12-7-11-29(26-31)30-23-25-43-37(27-30)34-15-4-5-20-41(34)49-43/h1-27H. The van der Waals surface area contributed by atoms with Gasteiger partial charge in [0.05, 0.1) is 21.5 Å². The molecule has 3 aromatic heterocycles. The van der Waals surface area contributed by atoms with Gasteiger partial charge in [0.2, 0.25) is 0 Å². The Kier molecular flexibility index (Phi) is 6.03. The van der Waals surface area contributed by atoms with Crippen LogP contribution in [0.15, 0.2) is 168 Å². The minimum absolute atomic E-state index is 0.883. The van der Waals surface area contributed by atoms with E-state index < -0.39 is 0 Å². The highest BCUT2D eigenvalue weighted by Gasteiger charge is 2.23. The molecule has 0 atom stereocenters. The van der Waals surface area contributed by atoms with Gasteiger partial charge in [-0.2, -0.15) is 0 Å². The predicted octanol–water partition coefficient (Wildman–Crippen LogP) is 14.6.